The van der Waals surface area contributed by atoms with Crippen LogP contribution in [0.4, 0.5) is 5.82 Å². The lowest BCUT2D eigenvalue weighted by Crippen LogP contribution is -2.38. The highest BCUT2D eigenvalue weighted by molar-refractivity contribution is 5.87. The Morgan fingerprint density at radius 3 is 2.63 bits per heavy atom. The minimum atomic E-state index is 0.490. The molecule has 0 bridgehead atoms. The molecule has 2 aromatic heterocycles. The number of aryl methyl sites for hydroxylation is 3. The third-order valence-electron chi connectivity index (χ3n) is 5.78. The summed E-state index contributed by atoms with van der Waals surface area (Å²) in [4.78, 5) is 11.7. The molecular formula is C23H28N4. The lowest BCUT2D eigenvalue weighted by atomic mass is 10.0. The highest BCUT2D eigenvalue weighted by Crippen LogP contribution is 2.26. The van der Waals surface area contributed by atoms with Crippen LogP contribution >= 0.6 is 0 Å². The number of benzene rings is 1. The van der Waals surface area contributed by atoms with Gasteiger partial charge in [0.1, 0.15) is 5.82 Å². The Kier molecular flexibility index (Phi) is 5.08. The quantitative estimate of drug-likeness (QED) is 0.736. The molecule has 0 radical (unpaired) electrons. The maximum absolute atomic E-state index is 4.94. The first-order chi connectivity index (χ1) is 13.1. The number of anilines is 1. The van der Waals surface area contributed by atoms with Crippen molar-refractivity contribution in [1.82, 2.24) is 14.9 Å². The van der Waals surface area contributed by atoms with Crippen LogP contribution in [0.25, 0.3) is 10.9 Å². The number of rotatable bonds is 4. The van der Waals surface area contributed by atoms with Gasteiger partial charge in [-0.2, -0.15) is 0 Å². The number of nitrogens with one attached hydrogen (secondary N) is 1. The average Bonchev–Trinajstić information content (AvgIpc) is 2.67. The van der Waals surface area contributed by atoms with Crippen LogP contribution in [0.5, 0.6) is 0 Å². The fourth-order valence-corrected chi connectivity index (χ4v) is 3.97. The highest BCUT2D eigenvalue weighted by atomic mass is 15.1. The standard InChI is InChI=1S/C23H28N4/c1-16-6-7-21-17(2)13-22(26-23(21)18(16)3)25-20-8-11-27(12-9-20)15-19-5-4-10-24-14-19/h4-7,10,13-14,20H,8-9,11-12,15H2,1-3H3,(H,25,26). The van der Waals surface area contributed by atoms with Crippen molar-refractivity contribution in [3.8, 4) is 0 Å². The molecule has 4 nitrogen and oxygen atoms in total. The Balaban J connectivity index is 1.42. The molecule has 4 rings (SSSR count). The Hall–Kier alpha value is -2.46. The largest absolute Gasteiger partial charge is 0.367 e. The molecule has 1 aromatic carbocycles. The Labute approximate surface area is 161 Å². The first-order valence-corrected chi connectivity index (χ1v) is 9.85. The molecule has 140 valence electrons. The molecule has 27 heavy (non-hydrogen) atoms. The molecule has 0 atom stereocenters. The first-order valence-electron chi connectivity index (χ1n) is 9.85. The summed E-state index contributed by atoms with van der Waals surface area (Å²) in [6.45, 7) is 9.72. The molecule has 1 aliphatic rings. The maximum Gasteiger partial charge on any atom is 0.127 e. The van der Waals surface area contributed by atoms with E-state index >= 15 is 0 Å². The van der Waals surface area contributed by atoms with Crippen molar-refractivity contribution in [2.24, 2.45) is 0 Å². The number of pyridine rings is 2. The number of piperidine rings is 1. The zero-order chi connectivity index (χ0) is 18.8. The zero-order valence-corrected chi connectivity index (χ0v) is 16.5. The van der Waals surface area contributed by atoms with E-state index in [1.54, 1.807) is 0 Å². The molecule has 0 unspecified atom stereocenters. The van der Waals surface area contributed by atoms with E-state index in [1.807, 2.05) is 18.5 Å². The summed E-state index contributed by atoms with van der Waals surface area (Å²) in [7, 11) is 0. The summed E-state index contributed by atoms with van der Waals surface area (Å²) < 4.78 is 0. The van der Waals surface area contributed by atoms with Gasteiger partial charge in [-0.15, -0.1) is 0 Å². The second-order valence-corrected chi connectivity index (χ2v) is 7.78. The number of aromatic nitrogens is 2. The summed E-state index contributed by atoms with van der Waals surface area (Å²) in [5.41, 5.74) is 6.30. The van der Waals surface area contributed by atoms with Gasteiger partial charge in [0.05, 0.1) is 5.52 Å². The van der Waals surface area contributed by atoms with Crippen LogP contribution in [-0.4, -0.2) is 34.0 Å². The predicted molar refractivity (Wildman–Crippen MR) is 112 cm³/mol. The summed E-state index contributed by atoms with van der Waals surface area (Å²) in [5, 5.41) is 4.95. The Morgan fingerprint density at radius 2 is 1.89 bits per heavy atom. The van der Waals surface area contributed by atoms with Gasteiger partial charge in [-0.25, -0.2) is 4.98 Å². The first kappa shape index (κ1) is 17.9. The van der Waals surface area contributed by atoms with E-state index in [9.17, 15) is 0 Å². The van der Waals surface area contributed by atoms with Gasteiger partial charge in [-0.1, -0.05) is 18.2 Å². The second kappa shape index (κ2) is 7.65. The van der Waals surface area contributed by atoms with E-state index in [-0.39, 0.29) is 0 Å². The van der Waals surface area contributed by atoms with Crippen molar-refractivity contribution in [3.63, 3.8) is 0 Å². The normalized spacial score (nSPS) is 16.0. The predicted octanol–water partition coefficient (Wildman–Crippen LogP) is 4.63. The smallest absolute Gasteiger partial charge is 0.127 e. The SMILES string of the molecule is Cc1ccc2c(C)cc(NC3CCN(Cc4cccnc4)CC3)nc2c1C. The number of fused-ring (bicyclic) bond motifs is 1. The fraction of sp³-hybridized carbons (Fsp3) is 0.391. The van der Waals surface area contributed by atoms with Gasteiger partial charge in [0.2, 0.25) is 0 Å². The van der Waals surface area contributed by atoms with Crippen LogP contribution in [0.15, 0.2) is 42.7 Å². The molecule has 0 aliphatic carbocycles. The number of nitrogens with zero attached hydrogens (tertiary/aromatic N) is 3. The Morgan fingerprint density at radius 1 is 1.07 bits per heavy atom. The van der Waals surface area contributed by atoms with Crippen LogP contribution in [0.2, 0.25) is 0 Å². The van der Waals surface area contributed by atoms with Crippen molar-refractivity contribution in [2.45, 2.75) is 46.2 Å². The molecule has 3 aromatic rings. The van der Waals surface area contributed by atoms with E-state index in [2.05, 4.69) is 60.2 Å². The van der Waals surface area contributed by atoms with Crippen molar-refractivity contribution in [2.75, 3.05) is 18.4 Å². The van der Waals surface area contributed by atoms with Gasteiger partial charge in [-0.3, -0.25) is 9.88 Å². The molecule has 1 aliphatic heterocycles. The van der Waals surface area contributed by atoms with Crippen molar-refractivity contribution in [1.29, 1.82) is 0 Å². The van der Waals surface area contributed by atoms with Gasteiger partial charge < -0.3 is 5.32 Å². The number of hydrogen-bond acceptors (Lipinski definition) is 4. The van der Waals surface area contributed by atoms with Crippen molar-refractivity contribution >= 4 is 16.7 Å². The van der Waals surface area contributed by atoms with Crippen LogP contribution in [0.1, 0.15) is 35.1 Å². The molecule has 1 N–H and O–H groups in total. The van der Waals surface area contributed by atoms with E-state index < -0.39 is 0 Å². The van der Waals surface area contributed by atoms with Crippen LogP contribution in [-0.2, 0) is 6.54 Å². The lowest BCUT2D eigenvalue weighted by molar-refractivity contribution is 0.211. The van der Waals surface area contributed by atoms with E-state index in [1.165, 1.54) is 27.6 Å². The van der Waals surface area contributed by atoms with Crippen molar-refractivity contribution < 1.29 is 0 Å². The van der Waals surface area contributed by atoms with Gasteiger partial charge in [0.25, 0.3) is 0 Å². The fourth-order valence-electron chi connectivity index (χ4n) is 3.97. The second-order valence-electron chi connectivity index (χ2n) is 7.78. The Bertz CT molecular complexity index is 928. The minimum Gasteiger partial charge on any atom is -0.367 e. The summed E-state index contributed by atoms with van der Waals surface area (Å²) in [5.74, 6) is 1.01. The third-order valence-corrected chi connectivity index (χ3v) is 5.78. The minimum absolute atomic E-state index is 0.490. The molecule has 4 heteroatoms. The van der Waals surface area contributed by atoms with Crippen LogP contribution in [0.3, 0.4) is 0 Å². The monoisotopic (exact) mass is 360 g/mol. The summed E-state index contributed by atoms with van der Waals surface area (Å²) in [6, 6.07) is 11.2. The number of likely N-dealkylation sites (tertiary alicyclic amines) is 1. The highest BCUT2D eigenvalue weighted by Gasteiger charge is 2.20. The third kappa shape index (κ3) is 3.96. The van der Waals surface area contributed by atoms with Gasteiger partial charge >= 0.3 is 0 Å². The molecule has 3 heterocycles. The zero-order valence-electron chi connectivity index (χ0n) is 16.5. The van der Waals surface area contributed by atoms with Crippen LogP contribution < -0.4 is 5.32 Å². The summed E-state index contributed by atoms with van der Waals surface area (Å²) >= 11 is 0. The van der Waals surface area contributed by atoms with Gasteiger partial charge in [0, 0.05) is 43.5 Å². The molecular weight excluding hydrogens is 332 g/mol. The van der Waals surface area contributed by atoms with E-state index in [4.69, 9.17) is 4.98 Å². The van der Waals surface area contributed by atoms with Crippen molar-refractivity contribution in [3.05, 3.63) is 65.0 Å². The molecule has 1 fully saturated rings. The van der Waals surface area contributed by atoms with Crippen LogP contribution in [0, 0.1) is 20.8 Å². The molecule has 0 amide bonds. The van der Waals surface area contributed by atoms with Gasteiger partial charge in [0.15, 0.2) is 0 Å². The molecule has 0 spiro atoms. The average molecular weight is 361 g/mol. The van der Waals surface area contributed by atoms with E-state index in [0.717, 1.165) is 43.8 Å². The molecule has 1 saturated heterocycles. The molecule has 0 saturated carbocycles. The number of hydrogen-bond donors (Lipinski definition) is 1. The van der Waals surface area contributed by atoms with E-state index in [0.29, 0.717) is 6.04 Å². The lowest BCUT2D eigenvalue weighted by Gasteiger charge is -2.32. The van der Waals surface area contributed by atoms with Gasteiger partial charge in [-0.05, 0) is 68.0 Å². The topological polar surface area (TPSA) is 41.0 Å². The maximum atomic E-state index is 4.94. The summed E-state index contributed by atoms with van der Waals surface area (Å²) in [6.07, 6.45) is 6.09.